The third kappa shape index (κ3) is 1140. The molecule has 1 nitrogen and oxygen atoms in total. The molecule has 59 valence electrons. The molecule has 0 atom stereocenters. The fourth-order valence-electron chi connectivity index (χ4n) is 0. The van der Waals surface area contributed by atoms with Crippen molar-refractivity contribution < 1.29 is 25.7 Å². The van der Waals surface area contributed by atoms with E-state index in [9.17, 15) is 0 Å². The molecule has 1 N–H and O–H groups in total. The molecule has 0 unspecified atom stereocenters. The maximum Gasteiger partial charge on any atom is -0.358 e. The Hall–Kier alpha value is 0.570. The van der Waals surface area contributed by atoms with E-state index in [1.807, 2.05) is 0 Å². The maximum absolute atomic E-state index is 8.52. The molecule has 2 heteroatoms. The molecule has 0 saturated heterocycles. The molecule has 0 heterocycles. The van der Waals surface area contributed by atoms with Gasteiger partial charge in [0.15, 0.2) is 0 Å². The van der Waals surface area contributed by atoms with Crippen molar-refractivity contribution in [3.8, 4) is 0 Å². The Kier molecular flexibility index (Phi) is 28.6. The van der Waals surface area contributed by atoms with Gasteiger partial charge in [0.25, 0.3) is 0 Å². The van der Waals surface area contributed by atoms with Crippen LogP contribution in [0.15, 0.2) is 0 Å². The summed E-state index contributed by atoms with van der Waals surface area (Å²) in [7, 11) is 0. The summed E-state index contributed by atoms with van der Waals surface area (Å²) < 4.78 is 3.30. The molecule has 9 heavy (non-hydrogen) atoms. The molecule has 0 bridgehead atoms. The minimum absolute atomic E-state index is 0. The zero-order valence-corrected chi connectivity index (χ0v) is 9.30. The second kappa shape index (κ2) is 11.4. The summed E-state index contributed by atoms with van der Waals surface area (Å²) in [5, 5.41) is 8.52. The zero-order valence-electron chi connectivity index (χ0n) is 7.10. The fourth-order valence-corrected chi connectivity index (χ4v) is 0. The van der Waals surface area contributed by atoms with Gasteiger partial charge in [-0.1, -0.05) is 0 Å². The van der Waals surface area contributed by atoms with E-state index in [-0.39, 0.29) is 14.9 Å². The predicted octanol–water partition coefficient (Wildman–Crippen LogP) is 1.64. The molecule has 0 spiro atoms. The number of rotatable bonds is 0. The van der Waals surface area contributed by atoms with Gasteiger partial charge in [0.05, 0.1) is 5.60 Å². The summed E-state index contributed by atoms with van der Waals surface area (Å²) in [5.41, 5.74) is -0.500. The van der Waals surface area contributed by atoms with Crippen molar-refractivity contribution in [1.82, 2.24) is 0 Å². The van der Waals surface area contributed by atoms with Gasteiger partial charge in [-0.05, 0) is 20.8 Å². The van der Waals surface area contributed by atoms with Crippen molar-refractivity contribution >= 4 is 4.73 Å². The Morgan fingerprint density at radius 3 is 1.11 bits per heavy atom. The van der Waals surface area contributed by atoms with Gasteiger partial charge in [0, 0.05) is 0 Å². The Balaban J connectivity index is -0.0000000286. The molecule has 0 aromatic carbocycles. The van der Waals surface area contributed by atoms with Crippen molar-refractivity contribution in [2.24, 2.45) is 0 Å². The van der Waals surface area contributed by atoms with Crippen molar-refractivity contribution in [3.05, 3.63) is 14.9 Å². The van der Waals surface area contributed by atoms with Crippen molar-refractivity contribution in [3.63, 3.8) is 0 Å². The number of aliphatic hydroxyl groups is 1. The first-order chi connectivity index (χ1) is 3.00. The Morgan fingerprint density at radius 1 is 1.11 bits per heavy atom. The molecule has 0 aliphatic rings. The molecular formula is C7H18NbO-2. The van der Waals surface area contributed by atoms with Gasteiger partial charge >= 0.3 is 25.3 Å². The molecule has 0 amide bonds. The van der Waals surface area contributed by atoms with E-state index in [1.54, 1.807) is 20.8 Å². The second-order valence-electron chi connectivity index (χ2n) is 2.17. The fraction of sp³-hybridized carbons (Fsp3) is 0.571. The van der Waals surface area contributed by atoms with E-state index in [0.717, 1.165) is 0 Å². The van der Waals surface area contributed by atoms with Crippen LogP contribution >= 0.6 is 0 Å². The van der Waals surface area contributed by atoms with Crippen LogP contribution in [0.1, 0.15) is 20.8 Å². The van der Waals surface area contributed by atoms with Gasteiger partial charge < -0.3 is 20.0 Å². The summed E-state index contributed by atoms with van der Waals surface area (Å²) >= 11 is 1.50. The van der Waals surface area contributed by atoms with Crippen molar-refractivity contribution in [2.45, 2.75) is 26.4 Å². The largest absolute Gasteiger partial charge is 0.358 e. The van der Waals surface area contributed by atoms with Gasteiger partial charge in [0.1, 0.15) is 0 Å². The zero-order chi connectivity index (χ0) is 6.50. The van der Waals surface area contributed by atoms with Crippen LogP contribution in [-0.4, -0.2) is 15.4 Å². The maximum atomic E-state index is 8.52. The molecule has 0 saturated carbocycles. The van der Waals surface area contributed by atoms with Crippen LogP contribution in [0, 0.1) is 14.9 Å². The normalized spacial score (nSPS) is 7.00. The van der Waals surface area contributed by atoms with Crippen molar-refractivity contribution in [1.29, 1.82) is 0 Å². The molecule has 0 fully saturated rings. The molecule has 0 aliphatic heterocycles. The molecule has 0 radical (unpaired) electrons. The third-order valence-corrected chi connectivity index (χ3v) is 0. The van der Waals surface area contributed by atoms with Gasteiger partial charge in [0.2, 0.25) is 0 Å². The molecule has 0 rings (SSSR count). The van der Waals surface area contributed by atoms with E-state index in [1.165, 1.54) is 20.6 Å². The first-order valence-corrected chi connectivity index (χ1v) is 3.59. The standard InChI is InChI=1S/C4H10O.2CH3.CH2.Nb/c1-4(2,3)5;;;;/h5H,1-3H3;2*1H3;1H2;/q;2*-1;;. The summed E-state index contributed by atoms with van der Waals surface area (Å²) in [6.07, 6.45) is 0. The Bertz CT molecular complexity index is 32.7. The predicted molar refractivity (Wildman–Crippen MR) is 41.9 cm³/mol. The van der Waals surface area contributed by atoms with Gasteiger partial charge in [-0.25, -0.2) is 0 Å². The molecule has 0 aliphatic carbocycles. The van der Waals surface area contributed by atoms with E-state index in [4.69, 9.17) is 5.11 Å². The Labute approximate surface area is 71.9 Å². The van der Waals surface area contributed by atoms with Crippen LogP contribution in [0.4, 0.5) is 0 Å². The summed E-state index contributed by atoms with van der Waals surface area (Å²) in [4.78, 5) is 0. The van der Waals surface area contributed by atoms with E-state index < -0.39 is 5.60 Å². The Morgan fingerprint density at radius 2 is 1.11 bits per heavy atom. The topological polar surface area (TPSA) is 20.2 Å². The van der Waals surface area contributed by atoms with Crippen LogP contribution in [0.3, 0.4) is 0 Å². The summed E-state index contributed by atoms with van der Waals surface area (Å²) in [5.74, 6) is 0. The summed E-state index contributed by atoms with van der Waals surface area (Å²) in [6, 6.07) is 0. The first-order valence-electron chi connectivity index (χ1n) is 2.04. The smallest absolute Gasteiger partial charge is 0.358 e. The van der Waals surface area contributed by atoms with Crippen LogP contribution in [0.2, 0.25) is 0 Å². The SMILES string of the molecule is CC(C)(C)O.[CH2]=[Nb].[CH3-].[CH3-]. The molecule has 0 aromatic rings. The minimum Gasteiger partial charge on any atom is -0.358 e. The van der Waals surface area contributed by atoms with Crippen LogP contribution in [-0.2, 0) is 20.6 Å². The van der Waals surface area contributed by atoms with E-state index in [2.05, 4.69) is 4.73 Å². The van der Waals surface area contributed by atoms with Gasteiger partial charge in [-0.2, -0.15) is 0 Å². The number of hydrogen-bond acceptors (Lipinski definition) is 1. The van der Waals surface area contributed by atoms with Crippen LogP contribution in [0.5, 0.6) is 0 Å². The second-order valence-corrected chi connectivity index (χ2v) is 2.17. The quantitative estimate of drug-likeness (QED) is 0.477. The van der Waals surface area contributed by atoms with Gasteiger partial charge in [-0.15, -0.1) is 0 Å². The van der Waals surface area contributed by atoms with Crippen LogP contribution in [0.25, 0.3) is 0 Å². The average molecular weight is 211 g/mol. The van der Waals surface area contributed by atoms with Crippen molar-refractivity contribution in [2.75, 3.05) is 0 Å². The van der Waals surface area contributed by atoms with Gasteiger partial charge in [-0.3, -0.25) is 0 Å². The first kappa shape index (κ1) is 22.7. The van der Waals surface area contributed by atoms with E-state index in [0.29, 0.717) is 0 Å². The van der Waals surface area contributed by atoms with Crippen LogP contribution < -0.4 is 0 Å². The summed E-state index contributed by atoms with van der Waals surface area (Å²) in [6.45, 7) is 5.23. The molecule has 0 aromatic heterocycles. The monoisotopic (exact) mass is 211 g/mol. The molecular weight excluding hydrogens is 193 g/mol. The van der Waals surface area contributed by atoms with E-state index >= 15 is 0 Å². The minimum atomic E-state index is -0.500. The number of hydrogen-bond donors (Lipinski definition) is 1. The average Bonchev–Trinajstić information content (AvgIpc) is 1.36. The third-order valence-electron chi connectivity index (χ3n) is 0.